The minimum absolute atomic E-state index is 0.339. The third-order valence-corrected chi connectivity index (χ3v) is 4.53. The van der Waals surface area contributed by atoms with Gasteiger partial charge in [-0.25, -0.2) is 9.59 Å². The third-order valence-electron chi connectivity index (χ3n) is 4.53. The van der Waals surface area contributed by atoms with E-state index in [1.165, 1.54) is 0 Å². The van der Waals surface area contributed by atoms with Crippen LogP contribution in [-0.2, 0) is 19.7 Å². The van der Waals surface area contributed by atoms with Crippen LogP contribution in [0.5, 0.6) is 11.5 Å². The molecule has 152 valence electrons. The van der Waals surface area contributed by atoms with Gasteiger partial charge in [0.2, 0.25) is 0 Å². The fourth-order valence-electron chi connectivity index (χ4n) is 2.79. The number of hydrogen-bond acceptors (Lipinski definition) is 5. The molecule has 0 radical (unpaired) electrons. The molecule has 29 heavy (non-hydrogen) atoms. The normalized spacial score (nSPS) is 10.9. The first kappa shape index (κ1) is 22.1. The fraction of sp³-hybridized carbons (Fsp3) is 0.250. The van der Waals surface area contributed by atoms with Crippen LogP contribution in [-0.4, -0.2) is 25.7 Å². The Morgan fingerprint density at radius 1 is 0.793 bits per heavy atom. The van der Waals surface area contributed by atoms with Crippen LogP contribution in [0.2, 0.25) is 0 Å². The standard InChI is InChI=1S/C24H26O5/c1-16(2)22(25)28-20-11-7-18(8-12-20)24(5,15-27-6)19-9-13-21(14-10-19)29-23(26)17(3)4/h7-14H,1,3,15H2,2,4-6H3. The monoisotopic (exact) mass is 394 g/mol. The van der Waals surface area contributed by atoms with E-state index in [1.54, 1.807) is 45.2 Å². The van der Waals surface area contributed by atoms with E-state index in [1.807, 2.05) is 24.3 Å². The first-order valence-electron chi connectivity index (χ1n) is 9.13. The van der Waals surface area contributed by atoms with Crippen LogP contribution in [0, 0.1) is 0 Å². The molecule has 0 aliphatic rings. The van der Waals surface area contributed by atoms with Crippen molar-refractivity contribution in [3.8, 4) is 11.5 Å². The van der Waals surface area contributed by atoms with E-state index in [2.05, 4.69) is 20.1 Å². The van der Waals surface area contributed by atoms with Gasteiger partial charge in [-0.1, -0.05) is 37.4 Å². The molecule has 0 amide bonds. The van der Waals surface area contributed by atoms with Crippen LogP contribution in [0.4, 0.5) is 0 Å². The van der Waals surface area contributed by atoms with Crippen LogP contribution >= 0.6 is 0 Å². The van der Waals surface area contributed by atoms with E-state index in [4.69, 9.17) is 14.2 Å². The van der Waals surface area contributed by atoms with Crippen molar-refractivity contribution in [2.75, 3.05) is 13.7 Å². The van der Waals surface area contributed by atoms with Gasteiger partial charge in [0.05, 0.1) is 6.61 Å². The molecule has 0 N–H and O–H groups in total. The molecular formula is C24H26O5. The first-order valence-corrected chi connectivity index (χ1v) is 9.13. The van der Waals surface area contributed by atoms with Gasteiger partial charge in [0.15, 0.2) is 0 Å². The maximum Gasteiger partial charge on any atom is 0.338 e. The number of rotatable bonds is 8. The summed E-state index contributed by atoms with van der Waals surface area (Å²) in [5, 5.41) is 0. The SMILES string of the molecule is C=C(C)C(=O)Oc1ccc(C(C)(COC)c2ccc(OC(=O)C(=C)C)cc2)cc1. The number of hydrogen-bond donors (Lipinski definition) is 0. The molecule has 5 heteroatoms. The number of carbonyl (C=O) groups excluding carboxylic acids is 2. The summed E-state index contributed by atoms with van der Waals surface area (Å²) in [5.41, 5.74) is 2.20. The van der Waals surface area contributed by atoms with Gasteiger partial charge in [-0.15, -0.1) is 0 Å². The van der Waals surface area contributed by atoms with Gasteiger partial charge in [0.1, 0.15) is 11.5 Å². The quantitative estimate of drug-likeness (QED) is 0.372. The van der Waals surface area contributed by atoms with Gasteiger partial charge in [0, 0.05) is 23.7 Å². The van der Waals surface area contributed by atoms with Crippen molar-refractivity contribution in [3.63, 3.8) is 0 Å². The van der Waals surface area contributed by atoms with E-state index >= 15 is 0 Å². The van der Waals surface area contributed by atoms with Crippen molar-refractivity contribution in [2.45, 2.75) is 26.2 Å². The summed E-state index contributed by atoms with van der Waals surface area (Å²) in [7, 11) is 1.64. The lowest BCUT2D eigenvalue weighted by atomic mass is 9.77. The van der Waals surface area contributed by atoms with Gasteiger partial charge in [-0.05, 0) is 56.2 Å². The Morgan fingerprint density at radius 2 is 1.14 bits per heavy atom. The summed E-state index contributed by atoms with van der Waals surface area (Å²) in [4.78, 5) is 23.4. The number of benzene rings is 2. The van der Waals surface area contributed by atoms with Crippen LogP contribution in [0.25, 0.3) is 0 Å². The average molecular weight is 394 g/mol. The lowest BCUT2D eigenvalue weighted by molar-refractivity contribution is -0.130. The van der Waals surface area contributed by atoms with Crippen LogP contribution in [0.3, 0.4) is 0 Å². The second-order valence-electron chi connectivity index (χ2n) is 7.15. The zero-order valence-corrected chi connectivity index (χ0v) is 17.3. The zero-order valence-electron chi connectivity index (χ0n) is 17.3. The van der Waals surface area contributed by atoms with Gasteiger partial charge in [-0.3, -0.25) is 0 Å². The minimum atomic E-state index is -0.461. The highest BCUT2D eigenvalue weighted by Crippen LogP contribution is 2.34. The van der Waals surface area contributed by atoms with Crippen LogP contribution in [0.15, 0.2) is 72.8 Å². The Balaban J connectivity index is 2.28. The van der Waals surface area contributed by atoms with Crippen molar-refractivity contribution in [1.29, 1.82) is 0 Å². The molecule has 0 spiro atoms. The van der Waals surface area contributed by atoms with Crippen LogP contribution in [0.1, 0.15) is 31.9 Å². The minimum Gasteiger partial charge on any atom is -0.423 e. The Hall–Kier alpha value is -3.18. The van der Waals surface area contributed by atoms with Crippen molar-refractivity contribution in [1.82, 2.24) is 0 Å². The number of ether oxygens (including phenoxy) is 3. The van der Waals surface area contributed by atoms with Crippen molar-refractivity contribution < 1.29 is 23.8 Å². The van der Waals surface area contributed by atoms with Gasteiger partial charge < -0.3 is 14.2 Å². The Labute approximate surface area is 171 Å². The van der Waals surface area contributed by atoms with Gasteiger partial charge in [-0.2, -0.15) is 0 Å². The van der Waals surface area contributed by atoms with E-state index in [-0.39, 0.29) is 0 Å². The molecule has 0 saturated carbocycles. The maximum absolute atomic E-state index is 11.7. The Kier molecular flexibility index (Phi) is 7.13. The molecule has 0 aliphatic carbocycles. The molecule has 0 aromatic heterocycles. The lowest BCUT2D eigenvalue weighted by Crippen LogP contribution is -2.29. The van der Waals surface area contributed by atoms with E-state index in [0.717, 1.165) is 11.1 Å². The molecule has 0 aliphatic heterocycles. The largest absolute Gasteiger partial charge is 0.423 e. The second-order valence-corrected chi connectivity index (χ2v) is 7.15. The number of methoxy groups -OCH3 is 1. The molecule has 0 unspecified atom stereocenters. The molecule has 0 heterocycles. The van der Waals surface area contributed by atoms with Crippen molar-refractivity contribution in [2.24, 2.45) is 0 Å². The Morgan fingerprint density at radius 3 is 1.41 bits per heavy atom. The lowest BCUT2D eigenvalue weighted by Gasteiger charge is -2.30. The molecule has 2 aromatic rings. The molecule has 0 fully saturated rings. The fourth-order valence-corrected chi connectivity index (χ4v) is 2.79. The topological polar surface area (TPSA) is 61.8 Å². The first-order chi connectivity index (χ1) is 13.7. The van der Waals surface area contributed by atoms with E-state index in [9.17, 15) is 9.59 Å². The summed E-state index contributed by atoms with van der Waals surface area (Å²) in [6.45, 7) is 12.8. The second kappa shape index (κ2) is 9.34. The molecule has 5 nitrogen and oxygen atoms in total. The van der Waals surface area contributed by atoms with Gasteiger partial charge in [0.25, 0.3) is 0 Å². The maximum atomic E-state index is 11.7. The molecule has 0 atom stereocenters. The van der Waals surface area contributed by atoms with Crippen molar-refractivity contribution >= 4 is 11.9 Å². The zero-order chi connectivity index (χ0) is 21.6. The summed E-state index contributed by atoms with van der Waals surface area (Å²) in [6.07, 6.45) is 0. The molecule has 0 saturated heterocycles. The predicted molar refractivity (Wildman–Crippen MR) is 112 cm³/mol. The van der Waals surface area contributed by atoms with Gasteiger partial charge >= 0.3 is 11.9 Å². The Bertz CT molecular complexity index is 836. The summed E-state index contributed by atoms with van der Waals surface area (Å²) < 4.78 is 16.0. The van der Waals surface area contributed by atoms with E-state index in [0.29, 0.717) is 29.3 Å². The number of carbonyl (C=O) groups is 2. The molecular weight excluding hydrogens is 368 g/mol. The highest BCUT2D eigenvalue weighted by atomic mass is 16.5. The summed E-state index contributed by atoms with van der Waals surface area (Å²) >= 11 is 0. The number of esters is 2. The summed E-state index contributed by atoms with van der Waals surface area (Å²) in [5.74, 6) is -0.0262. The molecule has 2 rings (SSSR count). The van der Waals surface area contributed by atoms with Crippen LogP contribution < -0.4 is 9.47 Å². The highest BCUT2D eigenvalue weighted by Gasteiger charge is 2.29. The smallest absolute Gasteiger partial charge is 0.338 e. The van der Waals surface area contributed by atoms with Crippen molar-refractivity contribution in [3.05, 3.63) is 84.0 Å². The highest BCUT2D eigenvalue weighted by molar-refractivity contribution is 5.89. The molecule has 2 aromatic carbocycles. The molecule has 0 bridgehead atoms. The third kappa shape index (κ3) is 5.42. The predicted octanol–water partition coefficient (Wildman–Crippen LogP) is 4.60. The van der Waals surface area contributed by atoms with E-state index < -0.39 is 17.4 Å². The summed E-state index contributed by atoms with van der Waals surface area (Å²) in [6, 6.07) is 14.6. The average Bonchev–Trinajstić information content (AvgIpc) is 2.69.